The molecule has 74 heavy (non-hydrogen) atoms. The van der Waals surface area contributed by atoms with Crippen LogP contribution in [0.3, 0.4) is 0 Å². The number of aromatic nitrogens is 5. The molecule has 0 fully saturated rings. The first kappa shape index (κ1) is 53.9. The molecule has 3 amide bonds. The van der Waals surface area contributed by atoms with Gasteiger partial charge in [-0.3, -0.25) is 24.2 Å². The molecule has 0 aliphatic heterocycles. The van der Waals surface area contributed by atoms with Gasteiger partial charge in [-0.15, -0.1) is 0 Å². The number of para-hydroxylation sites is 2. The van der Waals surface area contributed by atoms with Crippen molar-refractivity contribution in [2.45, 2.75) is 59.7 Å². The fourth-order valence-electron chi connectivity index (χ4n) is 8.29. The molecule has 22 heteroatoms. The van der Waals surface area contributed by atoms with Crippen molar-refractivity contribution in [2.24, 2.45) is 5.92 Å². The molecule has 0 aliphatic rings. The van der Waals surface area contributed by atoms with Crippen molar-refractivity contribution < 1.29 is 50.9 Å². The predicted molar refractivity (Wildman–Crippen MR) is 276 cm³/mol. The van der Waals surface area contributed by atoms with E-state index in [9.17, 15) is 36.9 Å². The van der Waals surface area contributed by atoms with Gasteiger partial charge < -0.3 is 45.8 Å². The van der Waals surface area contributed by atoms with Crippen LogP contribution in [0.2, 0.25) is 0 Å². The van der Waals surface area contributed by atoms with Crippen molar-refractivity contribution in [3.63, 3.8) is 0 Å². The van der Waals surface area contributed by atoms with Gasteiger partial charge in [0, 0.05) is 54.2 Å². The summed E-state index contributed by atoms with van der Waals surface area (Å²) < 4.78 is 53.3. The standard InChI is InChI=1S/C52H58N10O11S/c1-5-31(2)43(59-48(64)34-15-17-36(18-16-34)56-29-37-30-57-46-44(58-37)50(66)61-52(53)60-46)49(65)55-20-23-72-25-24-71-22-19-54-47(63)35-27-32(3)45(33(4)28-35)73-51(67)42-38-11-6-8-13-40(38)62(21-10-26-74(68,69)70)41-14-9-7-12-39(41)42/h6-9,11-18,27-28,30-31,43H,5,10,19-26,29H2,1-4H3,(H7-,53,54,55,56,57,59,60,61,63,64,65,66,68,69,70). The number of aromatic amines is 1. The molecule has 21 nitrogen and oxygen atoms in total. The van der Waals surface area contributed by atoms with E-state index in [2.05, 4.69) is 41.2 Å². The molecule has 0 saturated carbocycles. The number of carbonyl (C=O) groups excluding carboxylic acids is 4. The molecule has 0 bridgehead atoms. The predicted octanol–water partition coefficient (Wildman–Crippen LogP) is 4.00. The van der Waals surface area contributed by atoms with Gasteiger partial charge in [-0.25, -0.2) is 23.2 Å². The number of benzene rings is 4. The lowest BCUT2D eigenvalue weighted by Crippen LogP contribution is -2.50. The Bertz CT molecular complexity index is 3290. The monoisotopic (exact) mass is 1030 g/mol. The number of aryl methyl sites for hydroxylation is 3. The lowest BCUT2D eigenvalue weighted by molar-refractivity contribution is -0.645. The maximum Gasteiger partial charge on any atom is 0.345 e. The third kappa shape index (κ3) is 13.8. The molecule has 2 atom stereocenters. The number of nitrogen functional groups attached to an aromatic ring is 1. The number of carbonyl (C=O) groups is 4. The maximum absolute atomic E-state index is 14.1. The summed E-state index contributed by atoms with van der Waals surface area (Å²) in [6.07, 6.45) is 2.23. The number of hydrogen-bond acceptors (Lipinski definition) is 16. The lowest BCUT2D eigenvalue weighted by atomic mass is 9.98. The van der Waals surface area contributed by atoms with Crippen LogP contribution in [-0.2, 0) is 37.5 Å². The van der Waals surface area contributed by atoms with E-state index >= 15 is 0 Å². The van der Waals surface area contributed by atoms with E-state index in [0.717, 1.165) is 0 Å². The molecule has 3 heterocycles. The van der Waals surface area contributed by atoms with Gasteiger partial charge in [-0.05, 0) is 79.4 Å². The van der Waals surface area contributed by atoms with Gasteiger partial charge in [-0.2, -0.15) is 9.55 Å². The third-order valence-corrected chi connectivity index (χ3v) is 13.0. The number of fused-ring (bicyclic) bond motifs is 3. The number of esters is 1. The summed E-state index contributed by atoms with van der Waals surface area (Å²) in [7, 11) is -4.40. The first-order valence-corrected chi connectivity index (χ1v) is 25.6. The number of amides is 3. The first-order valence-electron chi connectivity index (χ1n) is 24.0. The van der Waals surface area contributed by atoms with Crippen LogP contribution in [0.25, 0.3) is 33.0 Å². The van der Waals surface area contributed by atoms with Crippen molar-refractivity contribution in [1.82, 2.24) is 35.9 Å². The second kappa shape index (κ2) is 24.7. The summed E-state index contributed by atoms with van der Waals surface area (Å²) in [5.41, 5.74) is 10.0. The number of nitrogens with two attached hydrogens (primary N) is 1. The van der Waals surface area contributed by atoms with E-state index in [1.807, 2.05) is 42.7 Å². The zero-order valence-corrected chi connectivity index (χ0v) is 42.2. The molecular formula is C52H58N10O11S. The Morgan fingerprint density at radius 2 is 1.45 bits per heavy atom. The van der Waals surface area contributed by atoms with E-state index in [4.69, 9.17) is 19.9 Å². The number of nitrogens with one attached hydrogen (secondary N) is 5. The van der Waals surface area contributed by atoms with Gasteiger partial charge in [0.05, 0.1) is 71.3 Å². The smallest absolute Gasteiger partial charge is 0.345 e. The highest BCUT2D eigenvalue weighted by Gasteiger charge is 2.28. The number of rotatable bonds is 24. The quantitative estimate of drug-likeness (QED) is 0.0124. The van der Waals surface area contributed by atoms with Crippen LogP contribution >= 0.6 is 0 Å². The summed E-state index contributed by atoms with van der Waals surface area (Å²) in [5, 5.41) is 12.9. The van der Waals surface area contributed by atoms with Gasteiger partial charge in [-0.1, -0.05) is 44.5 Å². The SMILES string of the molecule is CCC(C)C(NC(=O)c1ccc(NCc2cnc3nc(N)[nH]c(=O)c3n2)cc1)C(=O)NCCOCCOCCNC(=O)c1cc(C)c(OC(=O)c2c3ccccc3[n+](CCCS(=O)(=O)[O-])c3ccccc23)c(C)c1. The molecule has 2 unspecified atom stereocenters. The summed E-state index contributed by atoms with van der Waals surface area (Å²) in [6.45, 7) is 9.13. The Balaban J connectivity index is 0.814. The number of anilines is 2. The minimum atomic E-state index is -4.40. The first-order chi connectivity index (χ1) is 35.5. The zero-order chi connectivity index (χ0) is 52.9. The number of H-pyrrole nitrogens is 1. The Morgan fingerprint density at radius 1 is 0.824 bits per heavy atom. The van der Waals surface area contributed by atoms with Crippen molar-refractivity contribution in [1.29, 1.82) is 0 Å². The third-order valence-electron chi connectivity index (χ3n) is 12.2. The Labute approximate surface area is 426 Å². The minimum absolute atomic E-state index is 0.0473. The molecule has 0 aliphatic carbocycles. The van der Waals surface area contributed by atoms with Gasteiger partial charge >= 0.3 is 5.97 Å². The Hall–Kier alpha value is -7.92. The number of nitrogens with zero attached hydrogens (tertiary/aromatic N) is 4. The van der Waals surface area contributed by atoms with Crippen molar-refractivity contribution in [2.75, 3.05) is 56.3 Å². The Kier molecular flexibility index (Phi) is 18.0. The number of pyridine rings is 1. The van der Waals surface area contributed by atoms with E-state index in [0.29, 0.717) is 73.2 Å². The fourth-order valence-corrected chi connectivity index (χ4v) is 8.78. The van der Waals surface area contributed by atoms with Crippen LogP contribution in [-0.4, -0.2) is 108 Å². The van der Waals surface area contributed by atoms with Crippen molar-refractivity contribution >= 4 is 78.4 Å². The second-order valence-corrected chi connectivity index (χ2v) is 19.1. The van der Waals surface area contributed by atoms with E-state index in [1.165, 1.54) is 6.20 Å². The highest BCUT2D eigenvalue weighted by Crippen LogP contribution is 2.30. The van der Waals surface area contributed by atoms with Crippen LogP contribution in [0.1, 0.15) is 74.6 Å². The molecule has 7 aromatic rings. The lowest BCUT2D eigenvalue weighted by Gasteiger charge is -2.23. The molecule has 7 N–H and O–H groups in total. The number of hydrogen-bond donors (Lipinski definition) is 6. The zero-order valence-electron chi connectivity index (χ0n) is 41.4. The second-order valence-electron chi connectivity index (χ2n) is 17.5. The number of ether oxygens (including phenoxy) is 3. The molecular weight excluding hydrogens is 973 g/mol. The summed E-state index contributed by atoms with van der Waals surface area (Å²) in [4.78, 5) is 80.7. The van der Waals surface area contributed by atoms with E-state index in [-0.39, 0.29) is 93.9 Å². The van der Waals surface area contributed by atoms with E-state index in [1.54, 1.807) is 74.5 Å². The molecule has 3 aromatic heterocycles. The topological polar surface area (TPSA) is 303 Å². The van der Waals surface area contributed by atoms with Gasteiger partial charge in [0.1, 0.15) is 11.8 Å². The largest absolute Gasteiger partial charge is 0.748 e. The maximum atomic E-state index is 14.1. The van der Waals surface area contributed by atoms with Crippen LogP contribution in [0.4, 0.5) is 11.6 Å². The average molecular weight is 1030 g/mol. The highest BCUT2D eigenvalue weighted by molar-refractivity contribution is 7.85. The van der Waals surface area contributed by atoms with E-state index < -0.39 is 39.3 Å². The minimum Gasteiger partial charge on any atom is -0.748 e. The molecule has 0 spiro atoms. The molecule has 0 radical (unpaired) electrons. The fraction of sp³-hybridized carbons (Fsp3) is 0.327. The summed E-state index contributed by atoms with van der Waals surface area (Å²) in [5.74, 6) is -2.10. The molecule has 388 valence electrons. The average Bonchev–Trinajstić information content (AvgIpc) is 3.38. The van der Waals surface area contributed by atoms with Crippen LogP contribution in [0, 0.1) is 19.8 Å². The van der Waals surface area contributed by atoms with Crippen molar-refractivity contribution in [3.05, 3.63) is 135 Å². The Morgan fingerprint density at radius 3 is 2.07 bits per heavy atom. The molecule has 0 saturated heterocycles. The summed E-state index contributed by atoms with van der Waals surface area (Å²) in [6, 6.07) is 23.7. The van der Waals surface area contributed by atoms with Crippen molar-refractivity contribution in [3.8, 4) is 5.75 Å². The normalized spacial score (nSPS) is 12.3. The van der Waals surface area contributed by atoms with Crippen LogP contribution in [0.5, 0.6) is 5.75 Å². The van der Waals surface area contributed by atoms with Gasteiger partial charge in [0.15, 0.2) is 17.7 Å². The molecule has 4 aromatic carbocycles. The van der Waals surface area contributed by atoms with Crippen LogP contribution < -0.4 is 41.9 Å². The van der Waals surface area contributed by atoms with Gasteiger partial charge in [0.2, 0.25) is 22.9 Å². The highest BCUT2D eigenvalue weighted by atomic mass is 32.2. The van der Waals surface area contributed by atoms with Gasteiger partial charge in [0.25, 0.3) is 17.4 Å². The summed E-state index contributed by atoms with van der Waals surface area (Å²) >= 11 is 0. The molecule has 7 rings (SSSR count). The van der Waals surface area contributed by atoms with Crippen LogP contribution in [0.15, 0.2) is 95.9 Å².